The zero-order valence-electron chi connectivity index (χ0n) is 13.8. The summed E-state index contributed by atoms with van der Waals surface area (Å²) >= 11 is 6.26. The Hall–Kier alpha value is 1.11. The second-order valence-corrected chi connectivity index (χ2v) is 8.50. The van der Waals surface area contributed by atoms with Gasteiger partial charge in [0, 0.05) is 16.7 Å². The van der Waals surface area contributed by atoms with Gasteiger partial charge in [-0.25, -0.2) is 0 Å². The molecule has 6 nitrogen and oxygen atoms in total. The Morgan fingerprint density at radius 3 is 2.40 bits per heavy atom. The summed E-state index contributed by atoms with van der Waals surface area (Å²) in [4.78, 5) is 25.8. The molecule has 1 unspecified atom stereocenters. The number of carbonyl (C=O) groups is 2. The first-order valence-corrected chi connectivity index (χ1v) is 10.5. The van der Waals surface area contributed by atoms with Gasteiger partial charge in [-0.1, -0.05) is 6.92 Å². The molecular weight excluding hydrogens is 678 g/mol. The van der Waals surface area contributed by atoms with Crippen LogP contribution in [-0.2, 0) is 9.53 Å². The van der Waals surface area contributed by atoms with Crippen LogP contribution in [0.25, 0.3) is 0 Å². The molecule has 1 heterocycles. The number of amides is 1. The van der Waals surface area contributed by atoms with Gasteiger partial charge in [-0.3, -0.25) is 4.79 Å². The van der Waals surface area contributed by atoms with Crippen molar-refractivity contribution in [2.24, 2.45) is 0 Å². The first-order chi connectivity index (χ1) is 11.4. The van der Waals surface area contributed by atoms with Crippen LogP contribution in [0, 0.1) is 10.7 Å². The van der Waals surface area contributed by atoms with Crippen molar-refractivity contribution in [2.45, 2.75) is 19.4 Å². The van der Waals surface area contributed by atoms with Crippen molar-refractivity contribution in [3.8, 4) is 5.75 Å². The molecule has 0 N–H and O–H groups in total. The quantitative estimate of drug-likeness (QED) is 0.289. The number of halogens is 3. The number of hydrogen-bond donors (Lipinski definition) is 0. The summed E-state index contributed by atoms with van der Waals surface area (Å²) in [6.07, 6.45) is -0.758. The number of morpholine rings is 1. The van der Waals surface area contributed by atoms with Crippen molar-refractivity contribution in [1.29, 1.82) is 0 Å². The molecule has 1 atom stereocenters. The number of rotatable bonds is 5. The van der Waals surface area contributed by atoms with Gasteiger partial charge in [-0.2, -0.15) is 0 Å². The molecule has 1 aromatic rings. The summed E-state index contributed by atoms with van der Waals surface area (Å²) < 4.78 is 13.1. The number of hydrogen-bond acceptors (Lipinski definition) is 5. The minimum absolute atomic E-state index is 0. The van der Waals surface area contributed by atoms with Gasteiger partial charge < -0.3 is 24.3 Å². The van der Waals surface area contributed by atoms with E-state index in [1.54, 1.807) is 11.8 Å². The van der Waals surface area contributed by atoms with Crippen LogP contribution >= 0.6 is 67.8 Å². The van der Waals surface area contributed by atoms with E-state index in [2.05, 4.69) is 45.2 Å². The number of benzene rings is 1. The topological polar surface area (TPSA) is 78.9 Å². The Kier molecular flexibility index (Phi) is 10.8. The second kappa shape index (κ2) is 11.2. The normalized spacial score (nSPS) is 15.3. The summed E-state index contributed by atoms with van der Waals surface area (Å²) in [5.41, 5.74) is 0.543. The maximum Gasteiger partial charge on any atom is 1.00 e. The average molecular weight is 693 g/mol. The smallest absolute Gasteiger partial charge is 0.546 e. The molecule has 10 heteroatoms. The fourth-order valence-electron chi connectivity index (χ4n) is 2.24. The number of nitrogens with zero attached hydrogens (tertiary/aromatic N) is 1. The molecule has 0 saturated carbocycles. The van der Waals surface area contributed by atoms with Crippen molar-refractivity contribution >= 4 is 79.6 Å². The zero-order chi connectivity index (χ0) is 17.9. The third kappa shape index (κ3) is 6.04. The molecule has 25 heavy (non-hydrogen) atoms. The standard InChI is InChI=1S/C15H16I3NO5.Na/c1-2-10(15(21)22)24-13-9(17)7-8(16)11(12(13)18)14(20)19-3-5-23-6-4-19;/h7,10H,2-6H2,1H3,(H,21,22);/q;+1/p-1. The van der Waals surface area contributed by atoms with Gasteiger partial charge in [0.2, 0.25) is 0 Å². The Balaban J connectivity index is 0.00000312. The minimum atomic E-state index is -1.26. The van der Waals surface area contributed by atoms with Crippen LogP contribution in [-0.4, -0.2) is 49.2 Å². The molecule has 2 rings (SSSR count). The zero-order valence-corrected chi connectivity index (χ0v) is 22.3. The summed E-state index contributed by atoms with van der Waals surface area (Å²) in [5.74, 6) is -0.928. The third-order valence-corrected chi connectivity index (χ3v) is 6.22. The molecule has 0 radical (unpaired) electrons. The number of carboxylic acids is 1. The summed E-state index contributed by atoms with van der Waals surface area (Å²) in [5, 5.41) is 11.2. The average Bonchev–Trinajstić information content (AvgIpc) is 2.55. The second-order valence-electron chi connectivity index (χ2n) is 5.10. The number of carboxylic acid groups (broad SMARTS) is 1. The van der Waals surface area contributed by atoms with Gasteiger partial charge in [-0.15, -0.1) is 0 Å². The predicted octanol–water partition coefficient (Wildman–Crippen LogP) is -1.12. The van der Waals surface area contributed by atoms with E-state index in [0.29, 0.717) is 41.2 Å². The Labute approximate surface area is 209 Å². The molecule has 0 aromatic heterocycles. The van der Waals surface area contributed by atoms with Crippen LogP contribution in [0.2, 0.25) is 0 Å². The van der Waals surface area contributed by atoms with Crippen molar-refractivity contribution in [3.63, 3.8) is 0 Å². The van der Waals surface area contributed by atoms with Crippen LogP contribution in [0.1, 0.15) is 23.7 Å². The van der Waals surface area contributed by atoms with Crippen molar-refractivity contribution < 1.29 is 53.7 Å². The van der Waals surface area contributed by atoms with E-state index in [1.807, 2.05) is 28.7 Å². The molecule has 0 bridgehead atoms. The third-order valence-electron chi connectivity index (χ3n) is 3.53. The Morgan fingerprint density at radius 2 is 1.88 bits per heavy atom. The van der Waals surface area contributed by atoms with Crippen LogP contribution in [0.4, 0.5) is 0 Å². The van der Waals surface area contributed by atoms with Gasteiger partial charge in [0.25, 0.3) is 5.91 Å². The van der Waals surface area contributed by atoms with E-state index in [0.717, 1.165) is 7.14 Å². The van der Waals surface area contributed by atoms with Crippen LogP contribution in [0.3, 0.4) is 0 Å². The molecular formula is C15H15I3NNaO5. The van der Waals surface area contributed by atoms with Gasteiger partial charge in [0.15, 0.2) is 0 Å². The SMILES string of the molecule is CCC(Oc1c(I)cc(I)c(C(=O)N2CCOCC2)c1I)C(=O)[O-].[Na+]. The number of ether oxygens (including phenoxy) is 2. The molecule has 1 aliphatic rings. The monoisotopic (exact) mass is 693 g/mol. The van der Waals surface area contributed by atoms with Gasteiger partial charge >= 0.3 is 29.6 Å². The molecule has 0 aliphatic carbocycles. The fraction of sp³-hybridized carbons (Fsp3) is 0.467. The van der Waals surface area contributed by atoms with E-state index in [9.17, 15) is 14.7 Å². The van der Waals surface area contributed by atoms with Gasteiger partial charge in [0.05, 0.1) is 31.9 Å². The van der Waals surface area contributed by atoms with E-state index in [-0.39, 0.29) is 41.9 Å². The van der Waals surface area contributed by atoms with Crippen molar-refractivity contribution in [1.82, 2.24) is 4.90 Å². The first-order valence-electron chi connectivity index (χ1n) is 7.28. The molecule has 1 amide bonds. The largest absolute Gasteiger partial charge is 1.00 e. The van der Waals surface area contributed by atoms with Crippen LogP contribution < -0.4 is 39.4 Å². The van der Waals surface area contributed by atoms with Gasteiger partial charge in [-0.05, 0) is 80.3 Å². The Bertz CT molecular complexity index is 653. The maximum absolute atomic E-state index is 12.9. The van der Waals surface area contributed by atoms with Gasteiger partial charge in [0.1, 0.15) is 11.9 Å². The fourth-order valence-corrected chi connectivity index (χ4v) is 6.33. The summed E-state index contributed by atoms with van der Waals surface area (Å²) in [6, 6.07) is 1.83. The number of aliphatic carboxylic acids is 1. The van der Waals surface area contributed by atoms with E-state index >= 15 is 0 Å². The molecule has 1 aliphatic heterocycles. The first kappa shape index (κ1) is 24.1. The van der Waals surface area contributed by atoms with E-state index in [1.165, 1.54) is 0 Å². The van der Waals surface area contributed by atoms with Crippen molar-refractivity contribution in [2.75, 3.05) is 26.3 Å². The molecule has 0 spiro atoms. The molecule has 1 fully saturated rings. The van der Waals surface area contributed by atoms with Crippen LogP contribution in [0.5, 0.6) is 5.75 Å². The van der Waals surface area contributed by atoms with E-state index < -0.39 is 12.1 Å². The number of carbonyl (C=O) groups excluding carboxylic acids is 2. The molecule has 1 aromatic carbocycles. The molecule has 1 saturated heterocycles. The molecule has 132 valence electrons. The summed E-state index contributed by atoms with van der Waals surface area (Å²) in [7, 11) is 0. The Morgan fingerprint density at radius 1 is 1.28 bits per heavy atom. The predicted molar refractivity (Wildman–Crippen MR) is 111 cm³/mol. The minimum Gasteiger partial charge on any atom is -0.546 e. The van der Waals surface area contributed by atoms with Crippen molar-refractivity contribution in [3.05, 3.63) is 22.3 Å². The summed E-state index contributed by atoms with van der Waals surface area (Å²) in [6.45, 7) is 3.85. The maximum atomic E-state index is 12.9. The van der Waals surface area contributed by atoms with E-state index in [4.69, 9.17) is 9.47 Å². The van der Waals surface area contributed by atoms with Crippen LogP contribution in [0.15, 0.2) is 6.07 Å².